The molecule has 1 fully saturated rings. The predicted octanol–water partition coefficient (Wildman–Crippen LogP) is 2.05. The Morgan fingerprint density at radius 3 is 2.52 bits per heavy atom. The zero-order chi connectivity index (χ0) is 17.9. The monoisotopic (exact) mass is 348 g/mol. The number of carbonyl (C=O) groups is 1. The second-order valence-electron chi connectivity index (χ2n) is 8.19. The summed E-state index contributed by atoms with van der Waals surface area (Å²) in [5.74, 6) is 0.124. The SMILES string of the molecule is CC(CS(C)(=O)=O)NCC1(C)CCCN(C(=O)OC(C)(C)C)C1. The van der Waals surface area contributed by atoms with E-state index in [0.717, 1.165) is 12.8 Å². The molecule has 2 atom stereocenters. The van der Waals surface area contributed by atoms with Crippen molar-refractivity contribution in [2.24, 2.45) is 5.41 Å². The van der Waals surface area contributed by atoms with Crippen LogP contribution in [0.1, 0.15) is 47.5 Å². The number of hydrogen-bond acceptors (Lipinski definition) is 5. The van der Waals surface area contributed by atoms with Gasteiger partial charge in [0.25, 0.3) is 0 Å². The van der Waals surface area contributed by atoms with Gasteiger partial charge in [-0.05, 0) is 46.0 Å². The molecule has 6 nitrogen and oxygen atoms in total. The van der Waals surface area contributed by atoms with Crippen LogP contribution in [0, 0.1) is 5.41 Å². The summed E-state index contributed by atoms with van der Waals surface area (Å²) in [6, 6.07) is -0.0984. The van der Waals surface area contributed by atoms with E-state index in [1.807, 2.05) is 27.7 Å². The van der Waals surface area contributed by atoms with Crippen LogP contribution < -0.4 is 5.32 Å². The van der Waals surface area contributed by atoms with Crippen LogP contribution in [0.2, 0.25) is 0 Å². The fourth-order valence-corrected chi connectivity index (χ4v) is 3.90. The molecule has 1 aliphatic heterocycles. The molecule has 0 bridgehead atoms. The maximum atomic E-state index is 12.2. The molecule has 136 valence electrons. The molecular formula is C16H32N2O4S. The van der Waals surface area contributed by atoms with Crippen LogP contribution in [0.5, 0.6) is 0 Å². The van der Waals surface area contributed by atoms with Crippen LogP contribution in [0.15, 0.2) is 0 Å². The van der Waals surface area contributed by atoms with E-state index in [4.69, 9.17) is 4.74 Å². The van der Waals surface area contributed by atoms with Gasteiger partial charge in [0.05, 0.1) is 5.75 Å². The highest BCUT2D eigenvalue weighted by atomic mass is 32.2. The van der Waals surface area contributed by atoms with Crippen molar-refractivity contribution in [2.45, 2.75) is 59.1 Å². The molecule has 0 saturated carbocycles. The lowest BCUT2D eigenvalue weighted by atomic mass is 9.82. The highest BCUT2D eigenvalue weighted by Gasteiger charge is 2.35. The van der Waals surface area contributed by atoms with Gasteiger partial charge in [0, 0.05) is 31.9 Å². The Morgan fingerprint density at radius 1 is 1.39 bits per heavy atom. The molecular weight excluding hydrogens is 316 g/mol. The lowest BCUT2D eigenvalue weighted by molar-refractivity contribution is 0.00662. The van der Waals surface area contributed by atoms with Crippen LogP contribution in [-0.2, 0) is 14.6 Å². The van der Waals surface area contributed by atoms with Gasteiger partial charge in [-0.1, -0.05) is 6.92 Å². The Labute approximate surface area is 140 Å². The molecule has 2 unspecified atom stereocenters. The van der Waals surface area contributed by atoms with Crippen molar-refractivity contribution in [1.82, 2.24) is 10.2 Å². The number of piperidine rings is 1. The molecule has 1 saturated heterocycles. The molecule has 23 heavy (non-hydrogen) atoms. The van der Waals surface area contributed by atoms with E-state index in [-0.39, 0.29) is 23.3 Å². The number of sulfone groups is 1. The number of likely N-dealkylation sites (tertiary alicyclic amines) is 1. The summed E-state index contributed by atoms with van der Waals surface area (Å²) in [6.07, 6.45) is 2.91. The molecule has 0 aliphatic carbocycles. The second-order valence-corrected chi connectivity index (χ2v) is 10.4. The summed E-state index contributed by atoms with van der Waals surface area (Å²) < 4.78 is 28.1. The number of hydrogen-bond donors (Lipinski definition) is 1. The summed E-state index contributed by atoms with van der Waals surface area (Å²) in [5.41, 5.74) is -0.561. The van der Waals surface area contributed by atoms with Gasteiger partial charge in [0.15, 0.2) is 0 Å². The number of carbonyl (C=O) groups excluding carboxylic acids is 1. The highest BCUT2D eigenvalue weighted by molar-refractivity contribution is 7.90. The maximum Gasteiger partial charge on any atom is 0.410 e. The fourth-order valence-electron chi connectivity index (χ4n) is 2.88. The molecule has 1 heterocycles. The minimum Gasteiger partial charge on any atom is -0.444 e. The number of ether oxygens (including phenoxy) is 1. The lowest BCUT2D eigenvalue weighted by Crippen LogP contribution is -2.51. The Balaban J connectivity index is 2.56. The van der Waals surface area contributed by atoms with Crippen molar-refractivity contribution in [3.63, 3.8) is 0 Å². The van der Waals surface area contributed by atoms with Crippen molar-refractivity contribution in [3.8, 4) is 0 Å². The van der Waals surface area contributed by atoms with Crippen molar-refractivity contribution in [3.05, 3.63) is 0 Å². The summed E-state index contributed by atoms with van der Waals surface area (Å²) in [4.78, 5) is 14.0. The Hall–Kier alpha value is -0.820. The van der Waals surface area contributed by atoms with E-state index in [1.54, 1.807) is 4.90 Å². The van der Waals surface area contributed by atoms with Crippen molar-refractivity contribution >= 4 is 15.9 Å². The largest absolute Gasteiger partial charge is 0.444 e. The zero-order valence-corrected chi connectivity index (χ0v) is 16.1. The standard InChI is InChI=1S/C16H32N2O4S/c1-13(10-23(6,20)21)17-11-16(5)8-7-9-18(12-16)14(19)22-15(2,3)4/h13,17H,7-12H2,1-6H3. The van der Waals surface area contributed by atoms with Gasteiger partial charge >= 0.3 is 6.09 Å². The first-order valence-electron chi connectivity index (χ1n) is 8.19. The minimum atomic E-state index is -2.99. The summed E-state index contributed by atoms with van der Waals surface area (Å²) >= 11 is 0. The Morgan fingerprint density at radius 2 is 2.00 bits per heavy atom. The van der Waals surface area contributed by atoms with Crippen LogP contribution in [0.4, 0.5) is 4.79 Å². The molecule has 1 N–H and O–H groups in total. The smallest absolute Gasteiger partial charge is 0.410 e. The average molecular weight is 349 g/mol. The molecule has 0 radical (unpaired) electrons. The number of nitrogens with zero attached hydrogens (tertiary/aromatic N) is 1. The van der Waals surface area contributed by atoms with Gasteiger partial charge < -0.3 is 15.0 Å². The van der Waals surface area contributed by atoms with Gasteiger partial charge in [-0.3, -0.25) is 0 Å². The molecule has 0 aromatic carbocycles. The van der Waals surface area contributed by atoms with E-state index in [9.17, 15) is 13.2 Å². The molecule has 1 aliphatic rings. The van der Waals surface area contributed by atoms with Crippen molar-refractivity contribution in [1.29, 1.82) is 0 Å². The van der Waals surface area contributed by atoms with Gasteiger partial charge in [-0.2, -0.15) is 0 Å². The molecule has 0 aromatic rings. The molecule has 1 amide bonds. The van der Waals surface area contributed by atoms with Crippen LogP contribution in [0.25, 0.3) is 0 Å². The second kappa shape index (κ2) is 7.38. The summed E-state index contributed by atoms with van der Waals surface area (Å²) in [6.45, 7) is 11.6. The fraction of sp³-hybridized carbons (Fsp3) is 0.938. The molecule has 1 rings (SSSR count). The van der Waals surface area contributed by atoms with E-state index in [1.165, 1.54) is 6.26 Å². The first-order chi connectivity index (χ1) is 10.3. The quantitative estimate of drug-likeness (QED) is 0.823. The van der Waals surface area contributed by atoms with Gasteiger partial charge in [-0.25, -0.2) is 13.2 Å². The third kappa shape index (κ3) is 8.01. The lowest BCUT2D eigenvalue weighted by Gasteiger charge is -2.41. The first kappa shape index (κ1) is 20.2. The number of nitrogens with one attached hydrogen (secondary N) is 1. The predicted molar refractivity (Wildman–Crippen MR) is 92.3 cm³/mol. The van der Waals surface area contributed by atoms with E-state index in [2.05, 4.69) is 12.2 Å². The maximum absolute atomic E-state index is 12.2. The average Bonchev–Trinajstić information content (AvgIpc) is 2.32. The number of amides is 1. The minimum absolute atomic E-state index is 0.0685. The molecule has 0 aromatic heterocycles. The topological polar surface area (TPSA) is 75.7 Å². The van der Waals surface area contributed by atoms with Crippen molar-refractivity contribution < 1.29 is 17.9 Å². The van der Waals surface area contributed by atoms with E-state index in [0.29, 0.717) is 19.6 Å². The van der Waals surface area contributed by atoms with Gasteiger partial charge in [0.2, 0.25) is 0 Å². The van der Waals surface area contributed by atoms with Crippen LogP contribution in [0.3, 0.4) is 0 Å². The third-order valence-corrected chi connectivity index (χ3v) is 4.97. The van der Waals surface area contributed by atoms with E-state index >= 15 is 0 Å². The van der Waals surface area contributed by atoms with Crippen LogP contribution in [-0.4, -0.2) is 62.7 Å². The molecule has 0 spiro atoms. The van der Waals surface area contributed by atoms with Crippen molar-refractivity contribution in [2.75, 3.05) is 31.6 Å². The Bertz CT molecular complexity index is 513. The Kier molecular flexibility index (Phi) is 6.49. The molecule has 7 heteroatoms. The van der Waals surface area contributed by atoms with Gasteiger partial charge in [-0.15, -0.1) is 0 Å². The normalized spacial score (nSPS) is 24.3. The highest BCUT2D eigenvalue weighted by Crippen LogP contribution is 2.29. The van der Waals surface area contributed by atoms with Gasteiger partial charge in [0.1, 0.15) is 15.4 Å². The summed E-state index contributed by atoms with van der Waals surface area (Å²) in [5, 5.41) is 3.30. The third-order valence-electron chi connectivity index (χ3n) is 3.86. The number of rotatable bonds is 5. The van der Waals surface area contributed by atoms with Crippen LogP contribution >= 0.6 is 0 Å². The van der Waals surface area contributed by atoms with E-state index < -0.39 is 15.4 Å². The summed E-state index contributed by atoms with van der Waals surface area (Å²) in [7, 11) is -2.99. The first-order valence-corrected chi connectivity index (χ1v) is 10.2. The zero-order valence-electron chi connectivity index (χ0n) is 15.3.